The SMILES string of the molecule is Cc1nnc(N[C@H](C)c2cccc(C(F)(F)OC3CC3)c2)c2cc(N3CCC4(CC3)COC4)cnc12. The highest BCUT2D eigenvalue weighted by molar-refractivity contribution is 5.92. The molecule has 36 heavy (non-hydrogen) atoms. The number of anilines is 2. The van der Waals surface area contributed by atoms with Crippen LogP contribution in [0.1, 0.15) is 55.5 Å². The molecule has 3 aliphatic rings. The number of aryl methyl sites for hydroxylation is 1. The van der Waals surface area contributed by atoms with E-state index in [1.165, 1.54) is 12.1 Å². The van der Waals surface area contributed by atoms with E-state index in [0.29, 0.717) is 24.1 Å². The number of nitrogens with zero attached hydrogens (tertiary/aromatic N) is 4. The topological polar surface area (TPSA) is 72.4 Å². The number of alkyl halides is 2. The molecule has 9 heteroatoms. The molecule has 1 N–H and O–H groups in total. The minimum atomic E-state index is -3.30. The van der Waals surface area contributed by atoms with Crippen LogP contribution in [0.2, 0.25) is 0 Å². The van der Waals surface area contributed by atoms with Gasteiger partial charge in [0.1, 0.15) is 0 Å². The molecule has 0 amide bonds. The summed E-state index contributed by atoms with van der Waals surface area (Å²) >= 11 is 0. The molecule has 1 spiro atoms. The van der Waals surface area contributed by atoms with E-state index in [0.717, 1.165) is 67.0 Å². The number of pyridine rings is 1. The van der Waals surface area contributed by atoms with Crippen LogP contribution in [0.5, 0.6) is 0 Å². The first-order valence-electron chi connectivity index (χ1n) is 12.7. The van der Waals surface area contributed by atoms with Crippen molar-refractivity contribution >= 4 is 22.4 Å². The fourth-order valence-electron chi connectivity index (χ4n) is 5.09. The second kappa shape index (κ2) is 8.88. The van der Waals surface area contributed by atoms with E-state index < -0.39 is 6.11 Å². The minimum absolute atomic E-state index is 0.135. The number of fused-ring (bicyclic) bond motifs is 1. The Kier molecular flexibility index (Phi) is 5.80. The maximum atomic E-state index is 14.6. The molecule has 1 atom stereocenters. The highest BCUT2D eigenvalue weighted by Crippen LogP contribution is 2.41. The summed E-state index contributed by atoms with van der Waals surface area (Å²) in [6, 6.07) is 8.22. The van der Waals surface area contributed by atoms with Crippen molar-refractivity contribution in [1.82, 2.24) is 15.2 Å². The van der Waals surface area contributed by atoms with Crippen molar-refractivity contribution in [2.45, 2.75) is 57.8 Å². The number of nitrogens with one attached hydrogen (secondary N) is 1. The summed E-state index contributed by atoms with van der Waals surface area (Å²) in [5, 5.41) is 13.0. The Morgan fingerprint density at radius 1 is 1.17 bits per heavy atom. The monoisotopic (exact) mass is 495 g/mol. The predicted molar refractivity (Wildman–Crippen MR) is 133 cm³/mol. The number of hydrogen-bond acceptors (Lipinski definition) is 7. The van der Waals surface area contributed by atoms with Crippen molar-refractivity contribution in [3.63, 3.8) is 0 Å². The second-order valence-corrected chi connectivity index (χ2v) is 10.5. The maximum Gasteiger partial charge on any atom is 0.383 e. The molecule has 3 fully saturated rings. The average molecular weight is 496 g/mol. The van der Waals surface area contributed by atoms with Crippen LogP contribution in [0.15, 0.2) is 36.5 Å². The van der Waals surface area contributed by atoms with E-state index in [1.54, 1.807) is 6.07 Å². The Labute approximate surface area is 209 Å². The van der Waals surface area contributed by atoms with Gasteiger partial charge in [-0.2, -0.15) is 13.9 Å². The summed E-state index contributed by atoms with van der Waals surface area (Å²) in [7, 11) is 0. The van der Waals surface area contributed by atoms with E-state index >= 15 is 0 Å². The summed E-state index contributed by atoms with van der Waals surface area (Å²) in [5.41, 5.74) is 3.53. The zero-order valence-corrected chi connectivity index (χ0v) is 20.6. The van der Waals surface area contributed by atoms with Gasteiger partial charge in [-0.05, 0) is 57.2 Å². The lowest BCUT2D eigenvalue weighted by Gasteiger charge is -2.47. The molecule has 6 rings (SSSR count). The van der Waals surface area contributed by atoms with Gasteiger partial charge in [-0.3, -0.25) is 4.98 Å². The predicted octanol–water partition coefficient (Wildman–Crippen LogP) is 5.35. The van der Waals surface area contributed by atoms with Gasteiger partial charge in [-0.1, -0.05) is 18.2 Å². The highest BCUT2D eigenvalue weighted by Gasteiger charge is 2.41. The smallest absolute Gasteiger partial charge is 0.380 e. The standard InChI is InChI=1S/C27H31F2N5O2/c1-17(19-4-3-5-20(12-19)27(28,29)36-22-6-7-22)31-25-23-13-21(14-30-24(23)18(2)32-33-25)34-10-8-26(9-11-34)15-35-16-26/h3-5,12-14,17,22H,6-11,15-16H2,1-2H3,(H,31,33)/t17-/m1/s1. The van der Waals surface area contributed by atoms with Crippen LogP contribution in [-0.2, 0) is 15.6 Å². The lowest BCUT2D eigenvalue weighted by Crippen LogP contribution is -2.50. The van der Waals surface area contributed by atoms with E-state index in [9.17, 15) is 8.78 Å². The zero-order chi connectivity index (χ0) is 24.9. The fourth-order valence-corrected chi connectivity index (χ4v) is 5.09. The molecular weight excluding hydrogens is 464 g/mol. The molecule has 2 saturated heterocycles. The molecule has 1 aromatic carbocycles. The number of ether oxygens (including phenoxy) is 2. The van der Waals surface area contributed by atoms with Crippen molar-refractivity contribution < 1.29 is 18.3 Å². The molecule has 7 nitrogen and oxygen atoms in total. The number of rotatable bonds is 7. The second-order valence-electron chi connectivity index (χ2n) is 10.5. The van der Waals surface area contributed by atoms with Crippen LogP contribution in [0.3, 0.4) is 0 Å². The highest BCUT2D eigenvalue weighted by atomic mass is 19.3. The first-order chi connectivity index (χ1) is 17.3. The van der Waals surface area contributed by atoms with Crippen molar-refractivity contribution in [2.75, 3.05) is 36.5 Å². The molecule has 4 heterocycles. The molecule has 3 aromatic rings. The van der Waals surface area contributed by atoms with Crippen LogP contribution in [0, 0.1) is 12.3 Å². The van der Waals surface area contributed by atoms with Gasteiger partial charge >= 0.3 is 6.11 Å². The Bertz CT molecular complexity index is 1270. The number of piperidine rings is 1. The fraction of sp³-hybridized carbons (Fsp3) is 0.519. The Morgan fingerprint density at radius 2 is 1.94 bits per heavy atom. The maximum absolute atomic E-state index is 14.6. The molecule has 0 bridgehead atoms. The molecule has 0 unspecified atom stereocenters. The molecular formula is C27H31F2N5O2. The van der Waals surface area contributed by atoms with Crippen LogP contribution < -0.4 is 10.2 Å². The van der Waals surface area contributed by atoms with Gasteiger partial charge in [0, 0.05) is 23.9 Å². The number of hydrogen-bond donors (Lipinski definition) is 1. The molecule has 190 valence electrons. The van der Waals surface area contributed by atoms with Crippen LogP contribution in [0.25, 0.3) is 10.9 Å². The normalized spacial score (nSPS) is 20.4. The minimum Gasteiger partial charge on any atom is -0.380 e. The van der Waals surface area contributed by atoms with Crippen LogP contribution in [-0.4, -0.2) is 47.6 Å². The molecule has 2 aromatic heterocycles. The van der Waals surface area contributed by atoms with E-state index in [-0.39, 0.29) is 17.7 Å². The van der Waals surface area contributed by atoms with E-state index in [1.807, 2.05) is 26.1 Å². The average Bonchev–Trinajstić information content (AvgIpc) is 3.68. The molecule has 2 aliphatic heterocycles. The molecule has 0 radical (unpaired) electrons. The Balaban J connectivity index is 1.24. The van der Waals surface area contributed by atoms with Crippen molar-refractivity contribution in [1.29, 1.82) is 0 Å². The van der Waals surface area contributed by atoms with Gasteiger partial charge < -0.3 is 19.7 Å². The van der Waals surface area contributed by atoms with Gasteiger partial charge in [0.2, 0.25) is 0 Å². The quantitative estimate of drug-likeness (QED) is 0.474. The van der Waals surface area contributed by atoms with Crippen LogP contribution >= 0.6 is 0 Å². The summed E-state index contributed by atoms with van der Waals surface area (Å²) in [6.45, 7) is 7.50. The summed E-state index contributed by atoms with van der Waals surface area (Å²) in [6.07, 6.45) is 1.88. The number of benzene rings is 1. The first kappa shape index (κ1) is 23.5. The van der Waals surface area contributed by atoms with Crippen LogP contribution in [0.4, 0.5) is 20.3 Å². The van der Waals surface area contributed by atoms with E-state index in [4.69, 9.17) is 14.5 Å². The third-order valence-corrected chi connectivity index (χ3v) is 7.69. The summed E-state index contributed by atoms with van der Waals surface area (Å²) in [4.78, 5) is 7.09. The first-order valence-corrected chi connectivity index (χ1v) is 12.7. The number of halogens is 2. The van der Waals surface area contributed by atoms with Gasteiger partial charge in [-0.15, -0.1) is 5.10 Å². The Hall–Kier alpha value is -2.91. The third-order valence-electron chi connectivity index (χ3n) is 7.69. The zero-order valence-electron chi connectivity index (χ0n) is 20.6. The van der Waals surface area contributed by atoms with Crippen molar-refractivity contribution in [3.05, 3.63) is 53.3 Å². The molecule has 1 saturated carbocycles. The van der Waals surface area contributed by atoms with Crippen molar-refractivity contribution in [2.24, 2.45) is 5.41 Å². The molecule has 1 aliphatic carbocycles. The van der Waals surface area contributed by atoms with Gasteiger partial charge in [0.15, 0.2) is 5.82 Å². The lowest BCUT2D eigenvalue weighted by atomic mass is 9.77. The number of aromatic nitrogens is 3. The Morgan fingerprint density at radius 3 is 2.64 bits per heavy atom. The van der Waals surface area contributed by atoms with E-state index in [2.05, 4.69) is 26.5 Å². The summed E-state index contributed by atoms with van der Waals surface area (Å²) in [5.74, 6) is 0.588. The summed E-state index contributed by atoms with van der Waals surface area (Å²) < 4.78 is 39.6. The van der Waals surface area contributed by atoms with Gasteiger partial charge in [-0.25, -0.2) is 0 Å². The van der Waals surface area contributed by atoms with Crippen molar-refractivity contribution in [3.8, 4) is 0 Å². The lowest BCUT2D eigenvalue weighted by molar-refractivity contribution is -0.255. The van der Waals surface area contributed by atoms with Gasteiger partial charge in [0.05, 0.1) is 54.0 Å². The van der Waals surface area contributed by atoms with Gasteiger partial charge in [0.25, 0.3) is 0 Å². The largest absolute Gasteiger partial charge is 0.383 e. The third kappa shape index (κ3) is 4.50.